The molecular formula is C16H26FN5. The fraction of sp³-hybridized carbons (Fsp3) is 0.625. The van der Waals surface area contributed by atoms with Crippen molar-refractivity contribution in [2.75, 3.05) is 31.1 Å². The molecule has 1 aliphatic heterocycles. The molecule has 0 radical (unpaired) electrons. The Morgan fingerprint density at radius 1 is 1.55 bits per heavy atom. The van der Waals surface area contributed by atoms with Crippen LogP contribution in [0, 0.1) is 11.7 Å². The van der Waals surface area contributed by atoms with E-state index in [9.17, 15) is 4.39 Å². The quantitative estimate of drug-likeness (QED) is 0.645. The molecule has 0 aliphatic carbocycles. The van der Waals surface area contributed by atoms with Gasteiger partial charge in [-0.25, -0.2) is 9.37 Å². The van der Waals surface area contributed by atoms with Gasteiger partial charge in [0.05, 0.1) is 0 Å². The van der Waals surface area contributed by atoms with Crippen LogP contribution in [0.4, 0.5) is 10.2 Å². The molecule has 0 bridgehead atoms. The van der Waals surface area contributed by atoms with Gasteiger partial charge in [0.1, 0.15) is 0 Å². The summed E-state index contributed by atoms with van der Waals surface area (Å²) in [6.45, 7) is 9.50. The summed E-state index contributed by atoms with van der Waals surface area (Å²) in [6, 6.07) is 3.33. The highest BCUT2D eigenvalue weighted by atomic mass is 19.1. The average Bonchev–Trinajstić information content (AvgIpc) is 2.94. The Bertz CT molecular complexity index is 503. The van der Waals surface area contributed by atoms with Gasteiger partial charge in [0.15, 0.2) is 17.6 Å². The molecule has 122 valence electrons. The minimum Gasteiger partial charge on any atom is -0.357 e. The molecule has 0 amide bonds. The highest BCUT2D eigenvalue weighted by Gasteiger charge is 2.25. The number of hydrogen-bond acceptors (Lipinski definition) is 3. The van der Waals surface area contributed by atoms with E-state index in [4.69, 9.17) is 0 Å². The van der Waals surface area contributed by atoms with E-state index < -0.39 is 0 Å². The molecule has 2 N–H and O–H groups in total. The zero-order chi connectivity index (χ0) is 15.9. The van der Waals surface area contributed by atoms with Crippen molar-refractivity contribution in [3.8, 4) is 0 Å². The van der Waals surface area contributed by atoms with Gasteiger partial charge in [-0.3, -0.25) is 4.99 Å². The van der Waals surface area contributed by atoms with Crippen molar-refractivity contribution in [1.29, 1.82) is 0 Å². The molecule has 1 unspecified atom stereocenters. The maximum absolute atomic E-state index is 13.8. The highest BCUT2D eigenvalue weighted by Crippen LogP contribution is 2.20. The number of aliphatic imine (C=N–C) groups is 1. The first-order valence-electron chi connectivity index (χ1n) is 8.00. The van der Waals surface area contributed by atoms with Gasteiger partial charge in [-0.15, -0.1) is 0 Å². The lowest BCUT2D eigenvalue weighted by Crippen LogP contribution is -2.44. The second-order valence-corrected chi connectivity index (χ2v) is 6.00. The Morgan fingerprint density at radius 2 is 2.36 bits per heavy atom. The third-order valence-electron chi connectivity index (χ3n) is 3.53. The third kappa shape index (κ3) is 4.58. The molecular weight excluding hydrogens is 281 g/mol. The number of anilines is 1. The maximum Gasteiger partial charge on any atom is 0.191 e. The van der Waals surface area contributed by atoms with E-state index in [1.807, 2.05) is 4.90 Å². The fourth-order valence-electron chi connectivity index (χ4n) is 2.47. The van der Waals surface area contributed by atoms with Gasteiger partial charge in [-0.2, -0.15) is 0 Å². The van der Waals surface area contributed by atoms with Crippen molar-refractivity contribution in [2.45, 2.75) is 33.2 Å². The van der Waals surface area contributed by atoms with Gasteiger partial charge < -0.3 is 15.5 Å². The van der Waals surface area contributed by atoms with E-state index in [1.54, 1.807) is 12.3 Å². The fourth-order valence-corrected chi connectivity index (χ4v) is 2.47. The van der Waals surface area contributed by atoms with Crippen LogP contribution in [0.5, 0.6) is 0 Å². The van der Waals surface area contributed by atoms with Crippen LogP contribution in [0.3, 0.4) is 0 Å². The average molecular weight is 307 g/mol. The highest BCUT2D eigenvalue weighted by molar-refractivity contribution is 5.80. The summed E-state index contributed by atoms with van der Waals surface area (Å²) in [5.74, 6) is 1.54. The van der Waals surface area contributed by atoms with Gasteiger partial charge in [-0.1, -0.05) is 13.8 Å². The van der Waals surface area contributed by atoms with Crippen molar-refractivity contribution in [3.05, 3.63) is 24.1 Å². The van der Waals surface area contributed by atoms with Gasteiger partial charge in [0.25, 0.3) is 0 Å². The molecule has 5 nitrogen and oxygen atoms in total. The van der Waals surface area contributed by atoms with Gasteiger partial charge in [0.2, 0.25) is 0 Å². The SMILES string of the molecule is CCNC(=NCC(C)C)NC1CCN(c2ncccc2F)C1. The molecule has 1 atom stereocenters. The van der Waals surface area contributed by atoms with Crippen LogP contribution in [0.25, 0.3) is 0 Å². The Hall–Kier alpha value is -1.85. The summed E-state index contributed by atoms with van der Waals surface area (Å²) in [5.41, 5.74) is 0. The second-order valence-electron chi connectivity index (χ2n) is 6.00. The van der Waals surface area contributed by atoms with E-state index in [0.29, 0.717) is 11.7 Å². The largest absolute Gasteiger partial charge is 0.357 e. The summed E-state index contributed by atoms with van der Waals surface area (Å²) < 4.78 is 13.8. The van der Waals surface area contributed by atoms with Crippen LogP contribution in [-0.2, 0) is 0 Å². The Morgan fingerprint density at radius 3 is 3.05 bits per heavy atom. The Kier molecular flexibility index (Phi) is 5.98. The van der Waals surface area contributed by atoms with E-state index in [1.165, 1.54) is 6.07 Å². The van der Waals surface area contributed by atoms with Gasteiger partial charge in [-0.05, 0) is 31.4 Å². The van der Waals surface area contributed by atoms with Crippen molar-refractivity contribution >= 4 is 11.8 Å². The summed E-state index contributed by atoms with van der Waals surface area (Å²) in [7, 11) is 0. The lowest BCUT2D eigenvalue weighted by molar-refractivity contribution is 0.611. The van der Waals surface area contributed by atoms with Crippen LogP contribution in [0.15, 0.2) is 23.3 Å². The molecule has 1 aliphatic rings. The first-order chi connectivity index (χ1) is 10.6. The maximum atomic E-state index is 13.8. The summed E-state index contributed by atoms with van der Waals surface area (Å²) >= 11 is 0. The summed E-state index contributed by atoms with van der Waals surface area (Å²) in [4.78, 5) is 10.7. The monoisotopic (exact) mass is 307 g/mol. The topological polar surface area (TPSA) is 52.6 Å². The Balaban J connectivity index is 1.94. The smallest absolute Gasteiger partial charge is 0.191 e. The molecule has 22 heavy (non-hydrogen) atoms. The summed E-state index contributed by atoms with van der Waals surface area (Å²) in [5, 5.41) is 6.70. The lowest BCUT2D eigenvalue weighted by Gasteiger charge is -2.20. The number of halogens is 1. The van der Waals surface area contributed by atoms with E-state index >= 15 is 0 Å². The van der Waals surface area contributed by atoms with Crippen molar-refractivity contribution in [2.24, 2.45) is 10.9 Å². The van der Waals surface area contributed by atoms with Crippen molar-refractivity contribution < 1.29 is 4.39 Å². The molecule has 6 heteroatoms. The number of aromatic nitrogens is 1. The van der Waals surface area contributed by atoms with Crippen LogP contribution >= 0.6 is 0 Å². The first-order valence-corrected chi connectivity index (χ1v) is 8.00. The van der Waals surface area contributed by atoms with Crippen molar-refractivity contribution in [1.82, 2.24) is 15.6 Å². The van der Waals surface area contributed by atoms with E-state index in [2.05, 4.69) is 41.4 Å². The molecule has 1 aromatic rings. The number of nitrogens with one attached hydrogen (secondary N) is 2. The molecule has 0 saturated carbocycles. The van der Waals surface area contributed by atoms with E-state index in [0.717, 1.165) is 38.6 Å². The number of rotatable bonds is 5. The number of nitrogens with zero attached hydrogens (tertiary/aromatic N) is 3. The molecule has 1 fully saturated rings. The van der Waals surface area contributed by atoms with Gasteiger partial charge >= 0.3 is 0 Å². The standard InChI is InChI=1S/C16H26FN5/c1-4-18-16(20-10-12(2)3)21-13-7-9-22(11-13)15-14(17)6-5-8-19-15/h5-6,8,12-13H,4,7,9-11H2,1-3H3,(H2,18,20,21). The summed E-state index contributed by atoms with van der Waals surface area (Å²) in [6.07, 6.45) is 2.58. The zero-order valence-corrected chi connectivity index (χ0v) is 13.6. The van der Waals surface area contributed by atoms with Crippen LogP contribution in [0.2, 0.25) is 0 Å². The predicted molar refractivity (Wildman–Crippen MR) is 88.8 cm³/mol. The predicted octanol–water partition coefficient (Wildman–Crippen LogP) is 2.01. The second kappa shape index (κ2) is 7.96. The van der Waals surface area contributed by atoms with E-state index in [-0.39, 0.29) is 11.9 Å². The first kappa shape index (κ1) is 16.5. The third-order valence-corrected chi connectivity index (χ3v) is 3.53. The van der Waals surface area contributed by atoms with Crippen LogP contribution in [-0.4, -0.2) is 43.2 Å². The minimum absolute atomic E-state index is 0.256. The minimum atomic E-state index is -0.261. The van der Waals surface area contributed by atoms with Crippen LogP contribution < -0.4 is 15.5 Å². The normalized spacial score (nSPS) is 18.9. The van der Waals surface area contributed by atoms with Gasteiger partial charge in [0, 0.05) is 38.4 Å². The Labute approximate surface area is 132 Å². The number of pyridine rings is 1. The molecule has 1 aromatic heterocycles. The van der Waals surface area contributed by atoms with Crippen LogP contribution in [0.1, 0.15) is 27.2 Å². The molecule has 1 saturated heterocycles. The number of hydrogen-bond donors (Lipinski definition) is 2. The molecule has 2 heterocycles. The zero-order valence-electron chi connectivity index (χ0n) is 13.6. The molecule has 0 aromatic carbocycles. The number of guanidine groups is 1. The molecule has 0 spiro atoms. The lowest BCUT2D eigenvalue weighted by atomic mass is 10.2. The molecule has 2 rings (SSSR count). The van der Waals surface area contributed by atoms with Crippen molar-refractivity contribution in [3.63, 3.8) is 0 Å².